The molecule has 0 atom stereocenters. The van der Waals surface area contributed by atoms with Gasteiger partial charge in [0.05, 0.1) is 5.52 Å². The van der Waals surface area contributed by atoms with Gasteiger partial charge in [-0.25, -0.2) is 0 Å². The molecule has 2 N–H and O–H groups in total. The highest BCUT2D eigenvalue weighted by atomic mass is 16.1. The summed E-state index contributed by atoms with van der Waals surface area (Å²) < 4.78 is 0. The van der Waals surface area contributed by atoms with E-state index in [0.717, 1.165) is 41.7 Å². The molecule has 2 aromatic carbocycles. The number of fused-ring (bicyclic) bond motifs is 1. The third kappa shape index (κ3) is 4.60. The SMILES string of the molecule is CCCCCCNC(=O)c1cccc(Nc2ccnc3ccccc23)c1. The smallest absolute Gasteiger partial charge is 0.251 e. The third-order valence-electron chi connectivity index (χ3n) is 4.37. The van der Waals surface area contributed by atoms with E-state index in [1.54, 1.807) is 6.20 Å². The van der Waals surface area contributed by atoms with Crippen molar-refractivity contribution in [2.24, 2.45) is 0 Å². The van der Waals surface area contributed by atoms with E-state index in [0.29, 0.717) is 5.56 Å². The maximum atomic E-state index is 12.3. The molecule has 0 unspecified atom stereocenters. The standard InChI is InChI=1S/C22H25N3O/c1-2-3-4-7-14-24-22(26)17-9-8-10-18(16-17)25-21-13-15-23-20-12-6-5-11-19(20)21/h5-6,8-13,15-16H,2-4,7,14H2,1H3,(H,23,25)(H,24,26). The summed E-state index contributed by atoms with van der Waals surface area (Å²) in [5.41, 5.74) is 3.48. The number of hydrogen-bond acceptors (Lipinski definition) is 3. The molecule has 4 heteroatoms. The number of carbonyl (C=O) groups is 1. The topological polar surface area (TPSA) is 54.0 Å². The van der Waals surface area contributed by atoms with Gasteiger partial charge in [-0.05, 0) is 36.8 Å². The number of carbonyl (C=O) groups excluding carboxylic acids is 1. The molecule has 0 fully saturated rings. The molecule has 0 spiro atoms. The van der Waals surface area contributed by atoms with E-state index < -0.39 is 0 Å². The number of unbranched alkanes of at least 4 members (excludes halogenated alkanes) is 3. The fourth-order valence-electron chi connectivity index (χ4n) is 2.95. The van der Waals surface area contributed by atoms with Gasteiger partial charge in [0.1, 0.15) is 0 Å². The Morgan fingerprint density at radius 2 is 1.88 bits per heavy atom. The van der Waals surface area contributed by atoms with Gasteiger partial charge in [0.25, 0.3) is 5.91 Å². The zero-order valence-electron chi connectivity index (χ0n) is 15.2. The summed E-state index contributed by atoms with van der Waals surface area (Å²) in [6.45, 7) is 2.91. The summed E-state index contributed by atoms with van der Waals surface area (Å²) in [4.78, 5) is 16.7. The van der Waals surface area contributed by atoms with E-state index in [2.05, 4.69) is 22.5 Å². The Kier molecular flexibility index (Phi) is 6.20. The zero-order chi connectivity index (χ0) is 18.2. The number of nitrogens with one attached hydrogen (secondary N) is 2. The summed E-state index contributed by atoms with van der Waals surface area (Å²) in [6, 6.07) is 17.5. The molecule has 0 saturated carbocycles. The predicted octanol–water partition coefficient (Wildman–Crippen LogP) is 5.29. The number of amides is 1. The Morgan fingerprint density at radius 3 is 2.77 bits per heavy atom. The molecular weight excluding hydrogens is 322 g/mol. The first-order chi connectivity index (χ1) is 12.8. The lowest BCUT2D eigenvalue weighted by atomic mass is 10.1. The van der Waals surface area contributed by atoms with Crippen molar-refractivity contribution in [3.8, 4) is 0 Å². The maximum Gasteiger partial charge on any atom is 0.251 e. The van der Waals surface area contributed by atoms with E-state index in [4.69, 9.17) is 0 Å². The fourth-order valence-corrected chi connectivity index (χ4v) is 2.95. The number of rotatable bonds is 8. The van der Waals surface area contributed by atoms with Gasteiger partial charge in [-0.2, -0.15) is 0 Å². The molecule has 0 aliphatic carbocycles. The summed E-state index contributed by atoms with van der Waals surface area (Å²) in [6.07, 6.45) is 6.39. The number of anilines is 2. The van der Waals surface area contributed by atoms with E-state index in [1.807, 2.05) is 54.6 Å². The Morgan fingerprint density at radius 1 is 1.00 bits per heavy atom. The van der Waals surface area contributed by atoms with E-state index in [-0.39, 0.29) is 5.91 Å². The first kappa shape index (κ1) is 17.9. The molecule has 1 aromatic heterocycles. The summed E-state index contributed by atoms with van der Waals surface area (Å²) in [5, 5.41) is 7.46. The lowest BCUT2D eigenvalue weighted by Crippen LogP contribution is -2.24. The molecule has 0 aliphatic rings. The van der Waals surface area contributed by atoms with Crippen LogP contribution in [0.2, 0.25) is 0 Å². The lowest BCUT2D eigenvalue weighted by Gasteiger charge is -2.11. The van der Waals surface area contributed by atoms with Crippen LogP contribution in [0.1, 0.15) is 43.0 Å². The van der Waals surface area contributed by atoms with Crippen molar-refractivity contribution >= 4 is 28.2 Å². The number of nitrogens with zero attached hydrogens (tertiary/aromatic N) is 1. The molecule has 0 bridgehead atoms. The van der Waals surface area contributed by atoms with Crippen LogP contribution in [-0.2, 0) is 0 Å². The minimum Gasteiger partial charge on any atom is -0.355 e. The Hall–Kier alpha value is -2.88. The van der Waals surface area contributed by atoms with Crippen molar-refractivity contribution in [2.45, 2.75) is 32.6 Å². The highest BCUT2D eigenvalue weighted by Gasteiger charge is 2.07. The van der Waals surface area contributed by atoms with Crippen LogP contribution in [0.5, 0.6) is 0 Å². The van der Waals surface area contributed by atoms with Gasteiger partial charge in [-0.3, -0.25) is 9.78 Å². The van der Waals surface area contributed by atoms with E-state index in [1.165, 1.54) is 12.8 Å². The summed E-state index contributed by atoms with van der Waals surface area (Å²) in [5.74, 6) is -0.0234. The average molecular weight is 347 g/mol. The Labute approximate surface area is 154 Å². The molecule has 134 valence electrons. The summed E-state index contributed by atoms with van der Waals surface area (Å²) >= 11 is 0. The van der Waals surface area contributed by atoms with Crippen LogP contribution in [0.4, 0.5) is 11.4 Å². The van der Waals surface area contributed by atoms with Crippen molar-refractivity contribution in [3.05, 3.63) is 66.4 Å². The van der Waals surface area contributed by atoms with Gasteiger partial charge >= 0.3 is 0 Å². The fraction of sp³-hybridized carbons (Fsp3) is 0.273. The molecule has 0 saturated heterocycles. The van der Waals surface area contributed by atoms with Gasteiger partial charge in [-0.1, -0.05) is 50.5 Å². The van der Waals surface area contributed by atoms with Crippen molar-refractivity contribution < 1.29 is 4.79 Å². The Balaban J connectivity index is 1.68. The second-order valence-corrected chi connectivity index (χ2v) is 6.40. The van der Waals surface area contributed by atoms with Gasteiger partial charge in [0, 0.05) is 35.1 Å². The van der Waals surface area contributed by atoms with Gasteiger partial charge in [-0.15, -0.1) is 0 Å². The second-order valence-electron chi connectivity index (χ2n) is 6.40. The maximum absolute atomic E-state index is 12.3. The van der Waals surface area contributed by atoms with Crippen molar-refractivity contribution in [3.63, 3.8) is 0 Å². The van der Waals surface area contributed by atoms with Gasteiger partial charge in [0.2, 0.25) is 0 Å². The van der Waals surface area contributed by atoms with Crippen molar-refractivity contribution in [1.82, 2.24) is 10.3 Å². The molecule has 3 rings (SSSR count). The number of aromatic nitrogens is 1. The molecule has 0 radical (unpaired) electrons. The van der Waals surface area contributed by atoms with Crippen LogP contribution in [0.3, 0.4) is 0 Å². The molecule has 0 aliphatic heterocycles. The molecule has 1 heterocycles. The number of hydrogen-bond donors (Lipinski definition) is 2. The van der Waals surface area contributed by atoms with E-state index in [9.17, 15) is 4.79 Å². The van der Waals surface area contributed by atoms with Gasteiger partial charge < -0.3 is 10.6 Å². The minimum absolute atomic E-state index is 0.0234. The summed E-state index contributed by atoms with van der Waals surface area (Å²) in [7, 11) is 0. The largest absolute Gasteiger partial charge is 0.355 e. The van der Waals surface area contributed by atoms with E-state index >= 15 is 0 Å². The first-order valence-electron chi connectivity index (χ1n) is 9.27. The van der Waals surface area contributed by atoms with Gasteiger partial charge in [0.15, 0.2) is 0 Å². The molecule has 4 nitrogen and oxygen atoms in total. The second kappa shape index (κ2) is 8.99. The minimum atomic E-state index is -0.0234. The quantitative estimate of drug-likeness (QED) is 0.544. The average Bonchev–Trinajstić information content (AvgIpc) is 2.68. The highest BCUT2D eigenvalue weighted by Crippen LogP contribution is 2.25. The van der Waals surface area contributed by atoms with Crippen LogP contribution >= 0.6 is 0 Å². The van der Waals surface area contributed by atoms with Crippen LogP contribution in [0.25, 0.3) is 10.9 Å². The Bertz CT molecular complexity index is 871. The normalized spacial score (nSPS) is 10.7. The highest BCUT2D eigenvalue weighted by molar-refractivity contribution is 5.96. The molecule has 3 aromatic rings. The van der Waals surface area contributed by atoms with Crippen molar-refractivity contribution in [1.29, 1.82) is 0 Å². The third-order valence-corrected chi connectivity index (χ3v) is 4.37. The molecule has 1 amide bonds. The van der Waals surface area contributed by atoms with Crippen LogP contribution < -0.4 is 10.6 Å². The van der Waals surface area contributed by atoms with Crippen molar-refractivity contribution in [2.75, 3.05) is 11.9 Å². The number of para-hydroxylation sites is 1. The van der Waals surface area contributed by atoms with Crippen LogP contribution in [-0.4, -0.2) is 17.4 Å². The lowest BCUT2D eigenvalue weighted by molar-refractivity contribution is 0.0953. The monoisotopic (exact) mass is 347 g/mol. The zero-order valence-corrected chi connectivity index (χ0v) is 15.2. The number of benzene rings is 2. The molecular formula is C22H25N3O. The number of pyridine rings is 1. The van der Waals surface area contributed by atoms with Crippen LogP contribution in [0.15, 0.2) is 60.8 Å². The molecule has 26 heavy (non-hydrogen) atoms. The first-order valence-corrected chi connectivity index (χ1v) is 9.27. The van der Waals surface area contributed by atoms with Crippen LogP contribution in [0, 0.1) is 0 Å². The predicted molar refractivity (Wildman–Crippen MR) is 108 cm³/mol.